The maximum Gasteiger partial charge on any atom is 0.0659 e. The minimum Gasteiger partial charge on any atom is -0.379 e. The van der Waals surface area contributed by atoms with Crippen LogP contribution in [0.4, 0.5) is 0 Å². The molecule has 0 radical (unpaired) electrons. The highest BCUT2D eigenvalue weighted by molar-refractivity contribution is 5.31. The largest absolute Gasteiger partial charge is 0.379 e. The van der Waals surface area contributed by atoms with Crippen LogP contribution in [0.5, 0.6) is 0 Å². The van der Waals surface area contributed by atoms with Crippen molar-refractivity contribution < 1.29 is 4.74 Å². The van der Waals surface area contributed by atoms with Crippen molar-refractivity contribution in [1.29, 1.82) is 0 Å². The predicted molar refractivity (Wildman–Crippen MR) is 68.5 cm³/mol. The van der Waals surface area contributed by atoms with Gasteiger partial charge >= 0.3 is 0 Å². The van der Waals surface area contributed by atoms with Crippen molar-refractivity contribution in [3.05, 3.63) is 34.9 Å². The van der Waals surface area contributed by atoms with Crippen LogP contribution >= 0.6 is 0 Å². The first kappa shape index (κ1) is 13.2. The molecular weight excluding hydrogens is 198 g/mol. The van der Waals surface area contributed by atoms with Gasteiger partial charge in [-0.2, -0.15) is 0 Å². The maximum atomic E-state index is 6.08. The zero-order valence-electron chi connectivity index (χ0n) is 10.8. The highest BCUT2D eigenvalue weighted by atomic mass is 16.5. The summed E-state index contributed by atoms with van der Waals surface area (Å²) in [6.45, 7) is 9.88. The van der Waals surface area contributed by atoms with E-state index in [1.165, 1.54) is 11.1 Å². The van der Waals surface area contributed by atoms with Crippen molar-refractivity contribution in [2.75, 3.05) is 13.2 Å². The van der Waals surface area contributed by atoms with Gasteiger partial charge in [-0.15, -0.1) is 0 Å². The van der Waals surface area contributed by atoms with E-state index in [4.69, 9.17) is 10.5 Å². The van der Waals surface area contributed by atoms with Crippen molar-refractivity contribution >= 4 is 0 Å². The van der Waals surface area contributed by atoms with Crippen LogP contribution in [-0.4, -0.2) is 13.2 Å². The highest BCUT2D eigenvalue weighted by Gasteiger charge is 2.07. The number of hydrogen-bond donors (Lipinski definition) is 1. The second kappa shape index (κ2) is 6.02. The third-order valence-electron chi connectivity index (χ3n) is 2.71. The molecule has 0 saturated carbocycles. The lowest BCUT2D eigenvalue weighted by Crippen LogP contribution is -2.18. The van der Waals surface area contributed by atoms with Gasteiger partial charge in [0, 0.05) is 6.61 Å². The lowest BCUT2D eigenvalue weighted by molar-refractivity contribution is 0.0983. The second-order valence-corrected chi connectivity index (χ2v) is 4.88. The van der Waals surface area contributed by atoms with Crippen molar-refractivity contribution in [3.8, 4) is 0 Å². The molecule has 0 heterocycles. The average Bonchev–Trinajstić information content (AvgIpc) is 2.21. The molecule has 0 amide bonds. The summed E-state index contributed by atoms with van der Waals surface area (Å²) in [4.78, 5) is 0. The molecule has 90 valence electrons. The van der Waals surface area contributed by atoms with E-state index in [0.29, 0.717) is 12.5 Å². The molecule has 2 N–H and O–H groups in total. The SMILES string of the molecule is Cc1ccc(C(N)COCC(C)C)cc1C. The van der Waals surface area contributed by atoms with Gasteiger partial charge in [-0.25, -0.2) is 0 Å². The van der Waals surface area contributed by atoms with Crippen molar-refractivity contribution in [2.45, 2.75) is 33.7 Å². The highest BCUT2D eigenvalue weighted by Crippen LogP contribution is 2.15. The van der Waals surface area contributed by atoms with E-state index in [9.17, 15) is 0 Å². The minimum absolute atomic E-state index is 0.0157. The zero-order valence-corrected chi connectivity index (χ0v) is 10.8. The van der Waals surface area contributed by atoms with Gasteiger partial charge in [-0.1, -0.05) is 32.0 Å². The van der Waals surface area contributed by atoms with E-state index < -0.39 is 0 Å². The number of ether oxygens (including phenoxy) is 1. The molecule has 0 aliphatic heterocycles. The summed E-state index contributed by atoms with van der Waals surface area (Å²) in [7, 11) is 0. The fourth-order valence-electron chi connectivity index (χ4n) is 1.52. The van der Waals surface area contributed by atoms with Crippen LogP contribution in [0, 0.1) is 19.8 Å². The van der Waals surface area contributed by atoms with Gasteiger partial charge in [0.15, 0.2) is 0 Å². The molecule has 1 aromatic rings. The molecule has 16 heavy (non-hydrogen) atoms. The molecule has 0 aliphatic rings. The first-order valence-corrected chi connectivity index (χ1v) is 5.91. The monoisotopic (exact) mass is 221 g/mol. The summed E-state index contributed by atoms with van der Waals surface area (Å²) in [6, 6.07) is 6.34. The fraction of sp³-hybridized carbons (Fsp3) is 0.571. The number of nitrogens with two attached hydrogens (primary N) is 1. The summed E-state index contributed by atoms with van der Waals surface area (Å²) in [5.41, 5.74) is 9.83. The van der Waals surface area contributed by atoms with Crippen molar-refractivity contribution in [3.63, 3.8) is 0 Å². The zero-order chi connectivity index (χ0) is 12.1. The number of aryl methyl sites for hydroxylation is 2. The van der Waals surface area contributed by atoms with Crippen LogP contribution in [-0.2, 0) is 4.74 Å². The standard InChI is InChI=1S/C14H23NO/c1-10(2)8-16-9-14(15)13-6-5-11(3)12(4)7-13/h5-7,10,14H,8-9,15H2,1-4H3. The molecule has 1 atom stereocenters. The molecule has 2 nitrogen and oxygen atoms in total. The molecule has 0 fully saturated rings. The molecule has 0 aliphatic carbocycles. The quantitative estimate of drug-likeness (QED) is 0.829. The van der Waals surface area contributed by atoms with Gasteiger partial charge in [0.2, 0.25) is 0 Å². The Morgan fingerprint density at radius 1 is 1.12 bits per heavy atom. The topological polar surface area (TPSA) is 35.2 Å². The molecule has 2 heteroatoms. The van der Waals surface area contributed by atoms with Crippen molar-refractivity contribution in [1.82, 2.24) is 0 Å². The van der Waals surface area contributed by atoms with E-state index in [2.05, 4.69) is 45.9 Å². The molecule has 0 aromatic heterocycles. The summed E-state index contributed by atoms with van der Waals surface area (Å²) in [5.74, 6) is 0.562. The van der Waals surface area contributed by atoms with Crippen LogP contribution in [0.25, 0.3) is 0 Å². The molecule has 0 saturated heterocycles. The van der Waals surface area contributed by atoms with Crippen LogP contribution in [0.1, 0.15) is 36.6 Å². The molecular formula is C14H23NO. The Labute approximate surface area is 98.8 Å². The van der Waals surface area contributed by atoms with E-state index in [-0.39, 0.29) is 6.04 Å². The Hall–Kier alpha value is -0.860. The lowest BCUT2D eigenvalue weighted by atomic mass is 10.0. The van der Waals surface area contributed by atoms with Gasteiger partial charge in [-0.3, -0.25) is 0 Å². The third-order valence-corrected chi connectivity index (χ3v) is 2.71. The molecule has 0 bridgehead atoms. The van der Waals surface area contributed by atoms with Gasteiger partial charge in [-0.05, 0) is 36.5 Å². The lowest BCUT2D eigenvalue weighted by Gasteiger charge is -2.15. The third kappa shape index (κ3) is 3.95. The molecule has 1 aromatic carbocycles. The smallest absolute Gasteiger partial charge is 0.0659 e. The van der Waals surface area contributed by atoms with Gasteiger partial charge in [0.05, 0.1) is 12.6 Å². The Morgan fingerprint density at radius 3 is 2.38 bits per heavy atom. The van der Waals surface area contributed by atoms with E-state index in [1.807, 2.05) is 0 Å². The number of benzene rings is 1. The summed E-state index contributed by atoms with van der Waals surface area (Å²) >= 11 is 0. The first-order chi connectivity index (χ1) is 7.50. The van der Waals surface area contributed by atoms with Crippen LogP contribution in [0.15, 0.2) is 18.2 Å². The summed E-state index contributed by atoms with van der Waals surface area (Å²) in [5, 5.41) is 0. The van der Waals surface area contributed by atoms with Crippen molar-refractivity contribution in [2.24, 2.45) is 11.7 Å². The van der Waals surface area contributed by atoms with Gasteiger partial charge in [0.25, 0.3) is 0 Å². The summed E-state index contributed by atoms with van der Waals surface area (Å²) in [6.07, 6.45) is 0. The fourth-order valence-corrected chi connectivity index (χ4v) is 1.52. The van der Waals surface area contributed by atoms with Crippen LogP contribution in [0.3, 0.4) is 0 Å². The second-order valence-electron chi connectivity index (χ2n) is 4.88. The van der Waals surface area contributed by atoms with Gasteiger partial charge in [0.1, 0.15) is 0 Å². The Bertz CT molecular complexity index is 334. The van der Waals surface area contributed by atoms with E-state index in [1.54, 1.807) is 0 Å². The average molecular weight is 221 g/mol. The molecule has 1 unspecified atom stereocenters. The van der Waals surface area contributed by atoms with Crippen LogP contribution in [0.2, 0.25) is 0 Å². The number of rotatable bonds is 5. The minimum atomic E-state index is -0.0157. The Morgan fingerprint density at radius 2 is 1.81 bits per heavy atom. The maximum absolute atomic E-state index is 6.08. The van der Waals surface area contributed by atoms with Crippen LogP contribution < -0.4 is 5.73 Å². The molecule has 0 spiro atoms. The number of hydrogen-bond acceptors (Lipinski definition) is 2. The normalized spacial score (nSPS) is 13.1. The van der Waals surface area contributed by atoms with E-state index in [0.717, 1.165) is 12.2 Å². The predicted octanol–water partition coefficient (Wildman–Crippen LogP) is 2.98. The van der Waals surface area contributed by atoms with E-state index >= 15 is 0 Å². The first-order valence-electron chi connectivity index (χ1n) is 5.91. The molecule has 1 rings (SSSR count). The Kier molecular flexibility index (Phi) is 4.97. The summed E-state index contributed by atoms with van der Waals surface area (Å²) < 4.78 is 5.56. The van der Waals surface area contributed by atoms with Gasteiger partial charge < -0.3 is 10.5 Å². The Balaban J connectivity index is 2.52.